The Morgan fingerprint density at radius 3 is 2.96 bits per heavy atom. The fraction of sp³-hybridized carbons (Fsp3) is 0.444. The predicted molar refractivity (Wildman–Crippen MR) is 96.8 cm³/mol. The van der Waals surface area contributed by atoms with E-state index >= 15 is 0 Å². The van der Waals surface area contributed by atoms with Crippen molar-refractivity contribution in [2.24, 2.45) is 5.92 Å². The van der Waals surface area contributed by atoms with E-state index in [9.17, 15) is 0 Å². The number of nitrogens with zero attached hydrogens (tertiary/aromatic N) is 3. The maximum atomic E-state index is 6.35. The summed E-state index contributed by atoms with van der Waals surface area (Å²) >= 11 is 6.35. The van der Waals surface area contributed by atoms with Crippen molar-refractivity contribution < 1.29 is 4.74 Å². The molecule has 4 rings (SSSR count). The number of benzene rings is 1. The molecule has 1 aliphatic rings. The highest BCUT2D eigenvalue weighted by molar-refractivity contribution is 6.35. The lowest BCUT2D eigenvalue weighted by molar-refractivity contribution is 0.339. The summed E-state index contributed by atoms with van der Waals surface area (Å²) in [5.41, 5.74) is 2.69. The zero-order valence-electron chi connectivity index (χ0n) is 13.8. The zero-order valence-corrected chi connectivity index (χ0v) is 14.5. The van der Waals surface area contributed by atoms with E-state index in [2.05, 4.69) is 19.9 Å². The van der Waals surface area contributed by atoms with Crippen LogP contribution < -0.4 is 10.1 Å². The predicted octanol–water partition coefficient (Wildman–Crippen LogP) is 3.64. The van der Waals surface area contributed by atoms with Gasteiger partial charge in [-0.05, 0) is 56.5 Å². The van der Waals surface area contributed by atoms with Crippen molar-refractivity contribution in [3.05, 3.63) is 29.7 Å². The van der Waals surface area contributed by atoms with E-state index in [-0.39, 0.29) is 0 Å². The summed E-state index contributed by atoms with van der Waals surface area (Å²) < 4.78 is 7.59. The third-order valence-electron chi connectivity index (χ3n) is 4.95. The lowest BCUT2D eigenvalue weighted by atomic mass is 9.95. The summed E-state index contributed by atoms with van der Waals surface area (Å²) in [5, 5.41) is 4.92. The Balaban J connectivity index is 1.74. The van der Waals surface area contributed by atoms with Gasteiger partial charge in [0.2, 0.25) is 0 Å². The molecule has 0 amide bonds. The van der Waals surface area contributed by atoms with Crippen molar-refractivity contribution in [1.29, 1.82) is 0 Å². The van der Waals surface area contributed by atoms with Gasteiger partial charge in [0, 0.05) is 11.9 Å². The fourth-order valence-corrected chi connectivity index (χ4v) is 3.79. The molecule has 1 aliphatic heterocycles. The molecule has 0 unspecified atom stereocenters. The summed E-state index contributed by atoms with van der Waals surface area (Å²) in [6.45, 7) is 3.21. The average molecular weight is 345 g/mol. The third-order valence-corrected chi connectivity index (χ3v) is 5.21. The molecule has 3 aromatic rings. The molecule has 126 valence electrons. The second kappa shape index (κ2) is 6.57. The smallest absolute Gasteiger partial charge is 0.157 e. The lowest BCUT2D eigenvalue weighted by Gasteiger charge is -2.22. The Kier molecular flexibility index (Phi) is 4.29. The molecular formula is C18H21ClN4O. The van der Waals surface area contributed by atoms with Crippen molar-refractivity contribution in [2.75, 3.05) is 20.2 Å². The molecule has 0 spiro atoms. The molecule has 1 fully saturated rings. The van der Waals surface area contributed by atoms with Crippen LogP contribution in [0.2, 0.25) is 5.15 Å². The number of hydrogen-bond donors (Lipinski definition) is 1. The number of imidazole rings is 1. The number of aromatic nitrogens is 3. The first kappa shape index (κ1) is 15.7. The number of nitrogens with one attached hydrogen (secondary N) is 1. The summed E-state index contributed by atoms with van der Waals surface area (Å²) in [7, 11) is 1.68. The number of hydrogen-bond acceptors (Lipinski definition) is 4. The van der Waals surface area contributed by atoms with E-state index in [1.165, 1.54) is 19.3 Å². The van der Waals surface area contributed by atoms with Gasteiger partial charge in [-0.1, -0.05) is 11.6 Å². The first-order valence-electron chi connectivity index (χ1n) is 8.45. The van der Waals surface area contributed by atoms with Crippen LogP contribution in [0.1, 0.15) is 19.3 Å². The number of methoxy groups -OCH3 is 1. The van der Waals surface area contributed by atoms with Crippen LogP contribution in [0.3, 0.4) is 0 Å². The number of fused-ring (bicyclic) bond motifs is 3. The molecule has 5 nitrogen and oxygen atoms in total. The van der Waals surface area contributed by atoms with Crippen molar-refractivity contribution in [1.82, 2.24) is 19.9 Å². The largest absolute Gasteiger partial charge is 0.497 e. The van der Waals surface area contributed by atoms with Gasteiger partial charge in [0.1, 0.15) is 11.3 Å². The van der Waals surface area contributed by atoms with Gasteiger partial charge in [-0.25, -0.2) is 9.97 Å². The molecule has 0 bridgehead atoms. The average Bonchev–Trinajstić information content (AvgIpc) is 3.06. The Bertz CT molecular complexity index is 870. The molecule has 2 aromatic heterocycles. The second-order valence-electron chi connectivity index (χ2n) is 6.40. The normalized spacial score (nSPS) is 16.1. The Labute approximate surface area is 146 Å². The molecule has 0 aliphatic carbocycles. The Hall–Kier alpha value is -1.85. The molecule has 1 N–H and O–H groups in total. The molecule has 1 saturated heterocycles. The number of aryl methyl sites for hydroxylation is 1. The van der Waals surface area contributed by atoms with Gasteiger partial charge in [0.05, 0.1) is 24.5 Å². The van der Waals surface area contributed by atoms with E-state index in [0.717, 1.165) is 53.2 Å². The standard InChI is InChI=1S/C18H21ClN4O/c1-24-13-2-3-15-14(10-13)17-16(18(19)22-15)21-11-23(17)9-6-12-4-7-20-8-5-12/h2-3,10-12,20H,4-9H2,1H3. The van der Waals surface area contributed by atoms with Gasteiger partial charge in [0.25, 0.3) is 0 Å². The Morgan fingerprint density at radius 2 is 2.17 bits per heavy atom. The minimum atomic E-state index is 0.461. The number of ether oxygens (including phenoxy) is 1. The maximum absolute atomic E-state index is 6.35. The van der Waals surface area contributed by atoms with Crippen molar-refractivity contribution >= 4 is 33.5 Å². The summed E-state index contributed by atoms with van der Waals surface area (Å²) in [6.07, 6.45) is 5.56. The second-order valence-corrected chi connectivity index (χ2v) is 6.76. The van der Waals surface area contributed by atoms with Gasteiger partial charge in [-0.3, -0.25) is 0 Å². The van der Waals surface area contributed by atoms with Crippen LogP contribution in [0.25, 0.3) is 21.9 Å². The van der Waals surface area contributed by atoms with Crippen LogP contribution in [-0.4, -0.2) is 34.7 Å². The van der Waals surface area contributed by atoms with E-state index in [0.29, 0.717) is 5.15 Å². The quantitative estimate of drug-likeness (QED) is 0.734. The lowest BCUT2D eigenvalue weighted by Crippen LogP contribution is -2.28. The summed E-state index contributed by atoms with van der Waals surface area (Å²) in [5.74, 6) is 1.60. The van der Waals surface area contributed by atoms with Crippen molar-refractivity contribution in [3.63, 3.8) is 0 Å². The molecule has 3 heterocycles. The van der Waals surface area contributed by atoms with Crippen LogP contribution in [0.4, 0.5) is 0 Å². The number of halogens is 1. The van der Waals surface area contributed by atoms with Gasteiger partial charge < -0.3 is 14.6 Å². The molecule has 1 aromatic carbocycles. The topological polar surface area (TPSA) is 52.0 Å². The molecular weight excluding hydrogens is 324 g/mol. The third kappa shape index (κ3) is 2.82. The van der Waals surface area contributed by atoms with E-state index in [4.69, 9.17) is 16.3 Å². The Morgan fingerprint density at radius 1 is 1.33 bits per heavy atom. The number of rotatable bonds is 4. The van der Waals surface area contributed by atoms with E-state index in [1.807, 2.05) is 24.5 Å². The first-order valence-corrected chi connectivity index (χ1v) is 8.83. The zero-order chi connectivity index (χ0) is 16.5. The summed E-state index contributed by atoms with van der Waals surface area (Å²) in [4.78, 5) is 8.97. The highest BCUT2D eigenvalue weighted by atomic mass is 35.5. The van der Waals surface area contributed by atoms with Crippen molar-refractivity contribution in [3.8, 4) is 5.75 Å². The minimum Gasteiger partial charge on any atom is -0.497 e. The van der Waals surface area contributed by atoms with E-state index in [1.54, 1.807) is 7.11 Å². The molecule has 0 saturated carbocycles. The highest BCUT2D eigenvalue weighted by Gasteiger charge is 2.16. The van der Waals surface area contributed by atoms with Crippen LogP contribution >= 0.6 is 11.6 Å². The van der Waals surface area contributed by atoms with Crippen molar-refractivity contribution in [2.45, 2.75) is 25.8 Å². The first-order chi connectivity index (χ1) is 11.8. The van der Waals surface area contributed by atoms with Gasteiger partial charge in [0.15, 0.2) is 5.15 Å². The van der Waals surface area contributed by atoms with Crippen LogP contribution in [0, 0.1) is 5.92 Å². The van der Waals surface area contributed by atoms with Crippen LogP contribution in [0.5, 0.6) is 5.75 Å². The molecule has 0 atom stereocenters. The summed E-state index contributed by atoms with van der Waals surface area (Å²) in [6, 6.07) is 5.88. The fourth-order valence-electron chi connectivity index (χ4n) is 3.57. The van der Waals surface area contributed by atoms with Crippen LogP contribution in [0.15, 0.2) is 24.5 Å². The molecule has 24 heavy (non-hydrogen) atoms. The minimum absolute atomic E-state index is 0.461. The maximum Gasteiger partial charge on any atom is 0.157 e. The molecule has 6 heteroatoms. The highest BCUT2D eigenvalue weighted by Crippen LogP contribution is 2.31. The number of pyridine rings is 1. The van der Waals surface area contributed by atoms with E-state index < -0.39 is 0 Å². The van der Waals surface area contributed by atoms with Gasteiger partial charge in [-0.2, -0.15) is 0 Å². The SMILES string of the molecule is COc1ccc2nc(Cl)c3ncn(CCC4CCNCC4)c3c2c1. The van der Waals surface area contributed by atoms with Gasteiger partial charge in [-0.15, -0.1) is 0 Å². The van der Waals surface area contributed by atoms with Gasteiger partial charge >= 0.3 is 0 Å². The molecule has 0 radical (unpaired) electrons. The number of piperidine rings is 1. The monoisotopic (exact) mass is 344 g/mol. The van der Waals surface area contributed by atoms with Crippen LogP contribution in [-0.2, 0) is 6.54 Å².